The summed E-state index contributed by atoms with van der Waals surface area (Å²) in [6.07, 6.45) is 0.782. The molecule has 1 heterocycles. The number of piperidine rings is 1. The maximum atomic E-state index is 14.2. The normalized spacial score (nSPS) is 15.9. The Hall–Kier alpha value is -1.69. The SMILES string of the molecule is CC(C)OCC(=O)N1CCC(Oc2c(F)cc(C(C)C)cc2F)CC1. The van der Waals surface area contributed by atoms with Crippen molar-refractivity contribution in [2.24, 2.45) is 0 Å². The average molecular weight is 355 g/mol. The number of hydrogen-bond donors (Lipinski definition) is 0. The second kappa shape index (κ2) is 8.61. The van der Waals surface area contributed by atoms with Gasteiger partial charge in [0.25, 0.3) is 0 Å². The van der Waals surface area contributed by atoms with E-state index in [1.807, 2.05) is 27.7 Å². The maximum absolute atomic E-state index is 14.2. The average Bonchev–Trinajstić information content (AvgIpc) is 2.56. The molecule has 0 unspecified atom stereocenters. The van der Waals surface area contributed by atoms with Crippen molar-refractivity contribution in [1.29, 1.82) is 0 Å². The summed E-state index contributed by atoms with van der Waals surface area (Å²) >= 11 is 0. The van der Waals surface area contributed by atoms with Crippen molar-refractivity contribution in [3.05, 3.63) is 29.3 Å². The Morgan fingerprint density at radius 3 is 2.20 bits per heavy atom. The van der Waals surface area contributed by atoms with E-state index in [1.54, 1.807) is 4.90 Å². The van der Waals surface area contributed by atoms with E-state index in [2.05, 4.69) is 0 Å². The number of carbonyl (C=O) groups excluding carboxylic acids is 1. The van der Waals surface area contributed by atoms with Gasteiger partial charge in [-0.2, -0.15) is 0 Å². The van der Waals surface area contributed by atoms with Crippen LogP contribution in [0, 0.1) is 11.6 Å². The van der Waals surface area contributed by atoms with Crippen LogP contribution in [0.15, 0.2) is 12.1 Å². The van der Waals surface area contributed by atoms with Crippen LogP contribution in [-0.4, -0.2) is 42.7 Å². The van der Waals surface area contributed by atoms with Crippen LogP contribution in [0.5, 0.6) is 5.75 Å². The van der Waals surface area contributed by atoms with Crippen LogP contribution in [0.2, 0.25) is 0 Å². The highest BCUT2D eigenvalue weighted by Crippen LogP contribution is 2.29. The molecule has 1 aliphatic rings. The summed E-state index contributed by atoms with van der Waals surface area (Å²) in [7, 11) is 0. The minimum atomic E-state index is -0.674. The number of amides is 1. The Bertz CT molecular complexity index is 573. The first kappa shape index (κ1) is 19.6. The van der Waals surface area contributed by atoms with Crippen LogP contribution >= 0.6 is 0 Å². The molecule has 0 aliphatic carbocycles. The van der Waals surface area contributed by atoms with Gasteiger partial charge in [0.1, 0.15) is 12.7 Å². The van der Waals surface area contributed by atoms with Gasteiger partial charge in [-0.1, -0.05) is 13.8 Å². The van der Waals surface area contributed by atoms with Crippen LogP contribution in [0.1, 0.15) is 52.0 Å². The molecule has 0 radical (unpaired) electrons. The van der Waals surface area contributed by atoms with E-state index in [-0.39, 0.29) is 36.4 Å². The molecule has 2 rings (SSSR count). The summed E-state index contributed by atoms with van der Waals surface area (Å²) in [5.41, 5.74) is 0.605. The molecule has 1 aromatic carbocycles. The highest BCUT2D eigenvalue weighted by molar-refractivity contribution is 5.77. The quantitative estimate of drug-likeness (QED) is 0.777. The van der Waals surface area contributed by atoms with Crippen molar-refractivity contribution in [3.8, 4) is 5.75 Å². The van der Waals surface area contributed by atoms with Crippen molar-refractivity contribution in [2.45, 2.75) is 58.7 Å². The van der Waals surface area contributed by atoms with Crippen molar-refractivity contribution in [3.63, 3.8) is 0 Å². The van der Waals surface area contributed by atoms with E-state index in [1.165, 1.54) is 12.1 Å². The standard InChI is InChI=1S/C19H27F2NO3/c1-12(2)14-9-16(20)19(17(21)10-14)25-15-5-7-22(8-6-15)18(23)11-24-13(3)4/h9-10,12-13,15H,5-8,11H2,1-4H3. The van der Waals surface area contributed by atoms with Crippen molar-refractivity contribution in [1.82, 2.24) is 4.90 Å². The lowest BCUT2D eigenvalue weighted by atomic mass is 10.0. The molecular formula is C19H27F2NO3. The molecule has 1 aliphatic heterocycles. The molecular weight excluding hydrogens is 328 g/mol. The summed E-state index contributed by atoms with van der Waals surface area (Å²) in [6.45, 7) is 8.57. The fourth-order valence-electron chi connectivity index (χ4n) is 2.74. The summed E-state index contributed by atoms with van der Waals surface area (Å²) in [6, 6.07) is 2.65. The molecule has 0 bridgehead atoms. The van der Waals surface area contributed by atoms with Crippen LogP contribution < -0.4 is 4.74 Å². The molecule has 1 fully saturated rings. The first-order chi connectivity index (χ1) is 11.8. The first-order valence-electron chi connectivity index (χ1n) is 8.83. The number of ether oxygens (including phenoxy) is 2. The number of carbonyl (C=O) groups is 1. The zero-order valence-electron chi connectivity index (χ0n) is 15.4. The van der Waals surface area contributed by atoms with Gasteiger partial charge in [0.15, 0.2) is 17.4 Å². The smallest absolute Gasteiger partial charge is 0.248 e. The zero-order valence-corrected chi connectivity index (χ0v) is 15.4. The van der Waals surface area contributed by atoms with Gasteiger partial charge in [0.2, 0.25) is 5.91 Å². The van der Waals surface area contributed by atoms with E-state index < -0.39 is 11.6 Å². The molecule has 0 atom stereocenters. The van der Waals surface area contributed by atoms with Crippen molar-refractivity contribution >= 4 is 5.91 Å². The minimum absolute atomic E-state index is 0.00424. The summed E-state index contributed by atoms with van der Waals surface area (Å²) in [4.78, 5) is 13.7. The van der Waals surface area contributed by atoms with Crippen molar-refractivity contribution in [2.75, 3.05) is 19.7 Å². The summed E-state index contributed by atoms with van der Waals surface area (Å²) < 4.78 is 39.2. The van der Waals surface area contributed by atoms with Crippen molar-refractivity contribution < 1.29 is 23.0 Å². The lowest BCUT2D eigenvalue weighted by molar-refractivity contribution is -0.139. The number of rotatable bonds is 6. The number of halogens is 2. The predicted octanol–water partition coefficient (Wildman–Crippen LogP) is 3.88. The summed E-state index contributed by atoms with van der Waals surface area (Å²) in [5.74, 6) is -1.69. The van der Waals surface area contributed by atoms with Gasteiger partial charge in [-0.25, -0.2) is 8.78 Å². The molecule has 1 aromatic rings. The van der Waals surface area contributed by atoms with E-state index in [4.69, 9.17) is 9.47 Å². The number of benzene rings is 1. The van der Waals surface area contributed by atoms with Gasteiger partial charge in [0, 0.05) is 25.9 Å². The Morgan fingerprint density at radius 2 is 1.72 bits per heavy atom. The fourth-order valence-corrected chi connectivity index (χ4v) is 2.74. The number of nitrogens with zero attached hydrogens (tertiary/aromatic N) is 1. The topological polar surface area (TPSA) is 38.8 Å². The van der Waals surface area contributed by atoms with Crippen LogP contribution in [0.25, 0.3) is 0 Å². The van der Waals surface area contributed by atoms with Gasteiger partial charge in [-0.3, -0.25) is 4.79 Å². The molecule has 0 saturated carbocycles. The first-order valence-corrected chi connectivity index (χ1v) is 8.83. The van der Waals surface area contributed by atoms with Crippen LogP contribution in [-0.2, 0) is 9.53 Å². The van der Waals surface area contributed by atoms with E-state index in [0.717, 1.165) is 0 Å². The van der Waals surface area contributed by atoms with Crippen LogP contribution in [0.4, 0.5) is 8.78 Å². The second-order valence-corrected chi connectivity index (χ2v) is 7.03. The Morgan fingerprint density at radius 1 is 1.16 bits per heavy atom. The molecule has 4 nitrogen and oxygen atoms in total. The minimum Gasteiger partial charge on any atom is -0.484 e. The van der Waals surface area contributed by atoms with Gasteiger partial charge in [-0.15, -0.1) is 0 Å². The lowest BCUT2D eigenvalue weighted by Gasteiger charge is -2.32. The fraction of sp³-hybridized carbons (Fsp3) is 0.632. The van der Waals surface area contributed by atoms with E-state index >= 15 is 0 Å². The molecule has 140 valence electrons. The van der Waals surface area contributed by atoms with E-state index in [0.29, 0.717) is 31.5 Å². The molecule has 0 N–H and O–H groups in total. The molecule has 0 spiro atoms. The van der Waals surface area contributed by atoms with Gasteiger partial charge in [-0.05, 0) is 37.5 Å². The van der Waals surface area contributed by atoms with E-state index in [9.17, 15) is 13.6 Å². The second-order valence-electron chi connectivity index (χ2n) is 7.03. The van der Waals surface area contributed by atoms with Gasteiger partial charge >= 0.3 is 0 Å². The molecule has 1 amide bonds. The Kier molecular flexibility index (Phi) is 6.76. The summed E-state index contributed by atoms with van der Waals surface area (Å²) in [5, 5.41) is 0. The third kappa shape index (κ3) is 5.39. The zero-order chi connectivity index (χ0) is 18.6. The van der Waals surface area contributed by atoms with Gasteiger partial charge < -0.3 is 14.4 Å². The molecule has 1 saturated heterocycles. The number of hydrogen-bond acceptors (Lipinski definition) is 3. The lowest BCUT2D eigenvalue weighted by Crippen LogP contribution is -2.43. The van der Waals surface area contributed by atoms with Gasteiger partial charge in [0.05, 0.1) is 6.10 Å². The molecule has 6 heteroatoms. The monoisotopic (exact) mass is 355 g/mol. The highest BCUT2D eigenvalue weighted by atomic mass is 19.1. The van der Waals surface area contributed by atoms with Crippen LogP contribution in [0.3, 0.4) is 0 Å². The third-order valence-electron chi connectivity index (χ3n) is 4.31. The third-order valence-corrected chi connectivity index (χ3v) is 4.31. The Labute approximate surface area is 148 Å². The maximum Gasteiger partial charge on any atom is 0.248 e. The number of likely N-dealkylation sites (tertiary alicyclic amines) is 1. The predicted molar refractivity (Wildman–Crippen MR) is 91.8 cm³/mol. The highest BCUT2D eigenvalue weighted by Gasteiger charge is 2.26. The largest absolute Gasteiger partial charge is 0.484 e. The molecule has 25 heavy (non-hydrogen) atoms. The molecule has 0 aromatic heterocycles. The Balaban J connectivity index is 1.91.